The molecule has 0 saturated carbocycles. The van der Waals surface area contributed by atoms with Crippen LogP contribution in [0.15, 0.2) is 78.9 Å². The van der Waals surface area contributed by atoms with Crippen molar-refractivity contribution < 1.29 is 40.6 Å². The summed E-state index contributed by atoms with van der Waals surface area (Å²) in [6.07, 6.45) is -10.3. The summed E-state index contributed by atoms with van der Waals surface area (Å²) in [5, 5.41) is 0. The first kappa shape index (κ1) is 26.4. The zero-order valence-electron chi connectivity index (χ0n) is 18.8. The van der Waals surface area contributed by atoms with Crippen LogP contribution in [0.2, 0.25) is 0 Å². The molecular formula is C26H24F6O3. The number of para-hydroxylation sites is 1. The van der Waals surface area contributed by atoms with E-state index in [0.29, 0.717) is 23.5 Å². The zero-order valence-corrected chi connectivity index (χ0v) is 18.8. The van der Waals surface area contributed by atoms with Crippen molar-refractivity contribution >= 4 is 0 Å². The van der Waals surface area contributed by atoms with Gasteiger partial charge in [0.1, 0.15) is 23.2 Å². The fraction of sp³-hybridized carbons (Fsp3) is 0.308. The molecule has 0 bridgehead atoms. The van der Waals surface area contributed by atoms with E-state index in [2.05, 4.69) is 4.74 Å². The van der Waals surface area contributed by atoms with Crippen molar-refractivity contribution in [3.05, 3.63) is 90.0 Å². The van der Waals surface area contributed by atoms with Crippen molar-refractivity contribution in [1.29, 1.82) is 0 Å². The van der Waals surface area contributed by atoms with Crippen LogP contribution in [0.3, 0.4) is 0 Å². The molecule has 188 valence electrons. The number of benzene rings is 3. The van der Waals surface area contributed by atoms with E-state index < -0.39 is 30.3 Å². The number of rotatable bonds is 10. The van der Waals surface area contributed by atoms with Crippen LogP contribution in [0.1, 0.15) is 36.8 Å². The first-order valence-electron chi connectivity index (χ1n) is 10.9. The predicted octanol–water partition coefficient (Wildman–Crippen LogP) is 8.41. The van der Waals surface area contributed by atoms with Crippen LogP contribution >= 0.6 is 0 Å². The Hall–Kier alpha value is -3.20. The van der Waals surface area contributed by atoms with E-state index in [1.165, 1.54) is 0 Å². The monoisotopic (exact) mass is 498 g/mol. The summed E-state index contributed by atoms with van der Waals surface area (Å²) in [7, 11) is 0. The number of halogens is 6. The third kappa shape index (κ3) is 8.20. The summed E-state index contributed by atoms with van der Waals surface area (Å²) in [6, 6.07) is 19.6. The topological polar surface area (TPSA) is 27.7 Å². The second-order valence-corrected chi connectivity index (χ2v) is 7.84. The Kier molecular flexibility index (Phi) is 8.67. The predicted molar refractivity (Wildman–Crippen MR) is 118 cm³/mol. The molecule has 0 spiro atoms. The molecular weight excluding hydrogens is 474 g/mol. The molecule has 0 saturated heterocycles. The Bertz CT molecular complexity index is 1050. The third-order valence-electron chi connectivity index (χ3n) is 5.11. The smallest absolute Gasteiger partial charge is 0.457 e. The fourth-order valence-corrected chi connectivity index (χ4v) is 3.65. The summed E-state index contributed by atoms with van der Waals surface area (Å²) < 4.78 is 94.7. The molecule has 0 amide bonds. The second-order valence-electron chi connectivity index (χ2n) is 7.84. The van der Waals surface area contributed by atoms with Gasteiger partial charge < -0.3 is 14.2 Å². The number of hydrogen-bond donors (Lipinski definition) is 0. The molecule has 0 heterocycles. The lowest BCUT2D eigenvalue weighted by atomic mass is 9.90. The third-order valence-corrected chi connectivity index (χ3v) is 5.11. The Labute approximate surface area is 199 Å². The number of ether oxygens (including phenoxy) is 3. The van der Waals surface area contributed by atoms with Gasteiger partial charge in [0.05, 0.1) is 12.7 Å². The van der Waals surface area contributed by atoms with Crippen LogP contribution in [-0.4, -0.2) is 18.6 Å². The molecule has 0 fully saturated rings. The van der Waals surface area contributed by atoms with Crippen LogP contribution in [0.4, 0.5) is 26.3 Å². The van der Waals surface area contributed by atoms with Crippen LogP contribution < -0.4 is 9.47 Å². The Balaban J connectivity index is 1.76. The summed E-state index contributed by atoms with van der Waals surface area (Å²) >= 11 is 0. The lowest BCUT2D eigenvalue weighted by molar-refractivity contribution is -0.274. The zero-order chi connectivity index (χ0) is 25.5. The normalized spacial score (nSPS) is 13.8. The highest BCUT2D eigenvalue weighted by atomic mass is 19.4. The van der Waals surface area contributed by atoms with Crippen LogP contribution in [-0.2, 0) is 11.3 Å². The van der Waals surface area contributed by atoms with Gasteiger partial charge >= 0.3 is 12.5 Å². The molecule has 2 atom stereocenters. The highest BCUT2D eigenvalue weighted by molar-refractivity contribution is 5.34. The minimum Gasteiger partial charge on any atom is -0.457 e. The molecule has 0 aliphatic heterocycles. The fourth-order valence-electron chi connectivity index (χ4n) is 3.65. The van der Waals surface area contributed by atoms with Crippen LogP contribution in [0, 0.1) is 0 Å². The average Bonchev–Trinajstić information content (AvgIpc) is 2.78. The van der Waals surface area contributed by atoms with Crippen molar-refractivity contribution in [3.8, 4) is 17.2 Å². The lowest BCUT2D eigenvalue weighted by Crippen LogP contribution is -2.34. The van der Waals surface area contributed by atoms with Crippen molar-refractivity contribution in [1.82, 2.24) is 0 Å². The van der Waals surface area contributed by atoms with Gasteiger partial charge in [-0.05, 0) is 53.9 Å². The van der Waals surface area contributed by atoms with E-state index >= 15 is 0 Å². The maximum absolute atomic E-state index is 14.1. The maximum atomic E-state index is 14.1. The Morgan fingerprint density at radius 2 is 1.40 bits per heavy atom. The minimum atomic E-state index is -4.93. The van der Waals surface area contributed by atoms with Gasteiger partial charge in [0.2, 0.25) is 0 Å². The van der Waals surface area contributed by atoms with Crippen LogP contribution in [0.25, 0.3) is 0 Å². The van der Waals surface area contributed by atoms with Crippen molar-refractivity contribution in [2.75, 3.05) is 0 Å². The van der Waals surface area contributed by atoms with E-state index in [4.69, 9.17) is 9.47 Å². The minimum absolute atomic E-state index is 0.0987. The first-order valence-corrected chi connectivity index (χ1v) is 10.9. The summed E-state index contributed by atoms with van der Waals surface area (Å²) in [4.78, 5) is 0. The van der Waals surface area contributed by atoms with Gasteiger partial charge in [-0.3, -0.25) is 0 Å². The standard InChI is InChI=1S/C26H24F6O3/c1-2-7-23(24(25(27,28)29)19-12-14-21(15-13-19)35-26(30,31)32)33-17-18-8-6-11-22(16-18)34-20-9-4-3-5-10-20/h3-6,8-16,23-24H,2,7,17H2,1H3. The molecule has 0 N–H and O–H groups in total. The summed E-state index contributed by atoms with van der Waals surface area (Å²) in [6.45, 7) is 1.64. The summed E-state index contributed by atoms with van der Waals surface area (Å²) in [5.41, 5.74) is 0.418. The van der Waals surface area contributed by atoms with Gasteiger partial charge in [0, 0.05) is 0 Å². The number of hydrogen-bond acceptors (Lipinski definition) is 3. The molecule has 2 unspecified atom stereocenters. The largest absolute Gasteiger partial charge is 0.573 e. The first-order chi connectivity index (χ1) is 16.5. The van der Waals surface area contributed by atoms with Gasteiger partial charge in [-0.25, -0.2) is 0 Å². The highest BCUT2D eigenvalue weighted by Gasteiger charge is 2.46. The average molecular weight is 498 g/mol. The maximum Gasteiger partial charge on any atom is 0.573 e. The highest BCUT2D eigenvalue weighted by Crippen LogP contribution is 2.41. The molecule has 3 nitrogen and oxygen atoms in total. The molecule has 3 aromatic carbocycles. The van der Waals surface area contributed by atoms with E-state index in [9.17, 15) is 26.3 Å². The molecule has 3 rings (SSSR count). The van der Waals surface area contributed by atoms with Gasteiger partial charge in [-0.15, -0.1) is 13.2 Å². The van der Waals surface area contributed by atoms with Crippen molar-refractivity contribution in [2.45, 2.75) is 50.9 Å². The van der Waals surface area contributed by atoms with Crippen molar-refractivity contribution in [2.24, 2.45) is 0 Å². The molecule has 3 aromatic rings. The van der Waals surface area contributed by atoms with Gasteiger partial charge in [-0.2, -0.15) is 13.2 Å². The molecule has 0 aliphatic carbocycles. The van der Waals surface area contributed by atoms with Gasteiger partial charge in [0.25, 0.3) is 0 Å². The van der Waals surface area contributed by atoms with Gasteiger partial charge in [-0.1, -0.05) is 55.8 Å². The summed E-state index contributed by atoms with van der Waals surface area (Å²) in [5.74, 6) is -1.49. The number of alkyl halides is 6. The molecule has 35 heavy (non-hydrogen) atoms. The molecule has 0 aliphatic rings. The van der Waals surface area contributed by atoms with E-state index in [1.807, 2.05) is 18.2 Å². The van der Waals surface area contributed by atoms with Crippen molar-refractivity contribution in [3.63, 3.8) is 0 Å². The SMILES string of the molecule is CCCC(OCc1cccc(Oc2ccccc2)c1)C(c1ccc(OC(F)(F)F)cc1)C(F)(F)F. The lowest BCUT2D eigenvalue weighted by Gasteiger charge is -2.29. The Morgan fingerprint density at radius 1 is 0.743 bits per heavy atom. The Morgan fingerprint density at radius 3 is 2.00 bits per heavy atom. The molecule has 9 heteroatoms. The molecule has 0 aromatic heterocycles. The van der Waals surface area contributed by atoms with E-state index in [0.717, 1.165) is 24.3 Å². The second kappa shape index (κ2) is 11.5. The molecule has 0 radical (unpaired) electrons. The quantitative estimate of drug-likeness (QED) is 0.263. The van der Waals surface area contributed by atoms with E-state index in [-0.39, 0.29) is 18.6 Å². The van der Waals surface area contributed by atoms with Crippen LogP contribution in [0.5, 0.6) is 17.2 Å². The van der Waals surface area contributed by atoms with E-state index in [1.54, 1.807) is 43.3 Å². The van der Waals surface area contributed by atoms with Gasteiger partial charge in [0.15, 0.2) is 0 Å².